The number of hydrogen-bond acceptors (Lipinski definition) is 2. The summed E-state index contributed by atoms with van der Waals surface area (Å²) in [5, 5.41) is 4.96. The van der Waals surface area contributed by atoms with Crippen LogP contribution in [0.25, 0.3) is 0 Å². The van der Waals surface area contributed by atoms with Crippen LogP contribution in [0.1, 0.15) is 16.7 Å². The van der Waals surface area contributed by atoms with Gasteiger partial charge in [-0.25, -0.2) is 13.6 Å². The molecule has 0 heterocycles. The summed E-state index contributed by atoms with van der Waals surface area (Å²) in [4.78, 5) is 0. The summed E-state index contributed by atoms with van der Waals surface area (Å²) in [6, 6.07) is 5.57. The van der Waals surface area contributed by atoms with Crippen molar-refractivity contribution in [2.24, 2.45) is 5.14 Å². The number of nitrogens with two attached hydrogens (primary N) is 1. The highest BCUT2D eigenvalue weighted by Gasteiger charge is 2.07. The summed E-state index contributed by atoms with van der Waals surface area (Å²) >= 11 is 0. The summed E-state index contributed by atoms with van der Waals surface area (Å²) in [7, 11) is -3.42. The Labute approximate surface area is 78.6 Å². The van der Waals surface area contributed by atoms with Gasteiger partial charge in [0.15, 0.2) is 0 Å². The van der Waals surface area contributed by atoms with Crippen molar-refractivity contribution in [3.63, 3.8) is 0 Å². The molecule has 2 N–H and O–H groups in total. The van der Waals surface area contributed by atoms with E-state index in [9.17, 15) is 8.42 Å². The molecule has 0 atom stereocenters. The standard InChI is InChI=1S/C9H13NO2S/c1-7-4-3-5-9(8(7)2)6-13(10,11)12/h3-5H,6H2,1-2H3,(H2,10,11,12). The fraction of sp³-hybridized carbons (Fsp3) is 0.333. The molecule has 0 aromatic heterocycles. The molecule has 0 unspecified atom stereocenters. The number of sulfonamides is 1. The summed E-state index contributed by atoms with van der Waals surface area (Å²) in [5.41, 5.74) is 2.86. The molecule has 0 aliphatic heterocycles. The lowest BCUT2D eigenvalue weighted by molar-refractivity contribution is 0.597. The highest BCUT2D eigenvalue weighted by molar-refractivity contribution is 7.88. The molecule has 1 aromatic rings. The predicted octanol–water partition coefficient (Wildman–Crippen LogP) is 1.09. The van der Waals surface area contributed by atoms with Gasteiger partial charge in [-0.05, 0) is 30.5 Å². The molecule has 0 saturated heterocycles. The van der Waals surface area contributed by atoms with Gasteiger partial charge in [0.25, 0.3) is 0 Å². The zero-order chi connectivity index (χ0) is 10.1. The van der Waals surface area contributed by atoms with Crippen LogP contribution in [-0.2, 0) is 15.8 Å². The van der Waals surface area contributed by atoms with Crippen molar-refractivity contribution in [3.8, 4) is 0 Å². The normalized spacial score (nSPS) is 11.6. The van der Waals surface area contributed by atoms with Crippen LogP contribution >= 0.6 is 0 Å². The highest BCUT2D eigenvalue weighted by Crippen LogP contribution is 2.14. The fourth-order valence-corrected chi connectivity index (χ4v) is 1.93. The van der Waals surface area contributed by atoms with E-state index < -0.39 is 10.0 Å². The molecule has 3 nitrogen and oxygen atoms in total. The van der Waals surface area contributed by atoms with E-state index in [1.54, 1.807) is 6.07 Å². The maximum atomic E-state index is 10.8. The van der Waals surface area contributed by atoms with E-state index >= 15 is 0 Å². The van der Waals surface area contributed by atoms with Crippen LogP contribution < -0.4 is 5.14 Å². The molecule has 0 aliphatic carbocycles. The third-order valence-electron chi connectivity index (χ3n) is 2.07. The Bertz CT molecular complexity index is 410. The van der Waals surface area contributed by atoms with Gasteiger partial charge in [-0.3, -0.25) is 0 Å². The smallest absolute Gasteiger partial charge is 0.213 e. The van der Waals surface area contributed by atoms with Crippen molar-refractivity contribution < 1.29 is 8.42 Å². The van der Waals surface area contributed by atoms with Crippen molar-refractivity contribution in [2.75, 3.05) is 0 Å². The van der Waals surface area contributed by atoms with E-state index in [2.05, 4.69) is 0 Å². The molecule has 0 amide bonds. The zero-order valence-corrected chi connectivity index (χ0v) is 8.56. The van der Waals surface area contributed by atoms with E-state index in [0.717, 1.165) is 16.7 Å². The second-order valence-electron chi connectivity index (χ2n) is 3.17. The monoisotopic (exact) mass is 199 g/mol. The topological polar surface area (TPSA) is 60.2 Å². The van der Waals surface area contributed by atoms with Crippen LogP contribution in [0, 0.1) is 13.8 Å². The second-order valence-corrected chi connectivity index (χ2v) is 4.78. The number of benzene rings is 1. The molecule has 0 radical (unpaired) electrons. The largest absolute Gasteiger partial charge is 0.228 e. The molecule has 0 bridgehead atoms. The van der Waals surface area contributed by atoms with Gasteiger partial charge in [-0.1, -0.05) is 18.2 Å². The molecule has 0 aliphatic rings. The average Bonchev–Trinajstić information content (AvgIpc) is 1.96. The third-order valence-corrected chi connectivity index (χ3v) is 2.79. The number of aryl methyl sites for hydroxylation is 1. The summed E-state index contributed by atoms with van der Waals surface area (Å²) in [6.45, 7) is 3.85. The number of primary sulfonamides is 1. The van der Waals surface area contributed by atoms with Gasteiger partial charge in [0.1, 0.15) is 0 Å². The van der Waals surface area contributed by atoms with Crippen LogP contribution in [0.15, 0.2) is 18.2 Å². The summed E-state index contributed by atoms with van der Waals surface area (Å²) in [5.74, 6) is -0.0828. The van der Waals surface area contributed by atoms with E-state index in [1.807, 2.05) is 26.0 Å². The van der Waals surface area contributed by atoms with Crippen molar-refractivity contribution in [2.45, 2.75) is 19.6 Å². The Morgan fingerprint density at radius 3 is 2.46 bits per heavy atom. The van der Waals surface area contributed by atoms with Gasteiger partial charge in [0.05, 0.1) is 5.75 Å². The van der Waals surface area contributed by atoms with Crippen LogP contribution in [0.5, 0.6) is 0 Å². The first-order chi connectivity index (χ1) is 5.90. The molecule has 1 rings (SSSR count). The fourth-order valence-electron chi connectivity index (χ4n) is 1.18. The Balaban J connectivity index is 3.10. The first kappa shape index (κ1) is 10.2. The molecule has 72 valence electrons. The summed E-state index contributed by atoms with van der Waals surface area (Å²) in [6.07, 6.45) is 0. The SMILES string of the molecule is Cc1cccc(CS(N)(=O)=O)c1C. The molecule has 4 heteroatoms. The minimum absolute atomic E-state index is 0.0828. The van der Waals surface area contributed by atoms with Gasteiger partial charge in [0.2, 0.25) is 10.0 Å². The van der Waals surface area contributed by atoms with Crippen LogP contribution in [0.4, 0.5) is 0 Å². The molecular formula is C9H13NO2S. The van der Waals surface area contributed by atoms with Crippen molar-refractivity contribution in [1.29, 1.82) is 0 Å². The predicted molar refractivity (Wildman–Crippen MR) is 52.7 cm³/mol. The van der Waals surface area contributed by atoms with Crippen LogP contribution in [0.2, 0.25) is 0 Å². The maximum Gasteiger partial charge on any atom is 0.213 e. The molecule has 13 heavy (non-hydrogen) atoms. The zero-order valence-electron chi connectivity index (χ0n) is 7.74. The average molecular weight is 199 g/mol. The quantitative estimate of drug-likeness (QED) is 0.775. The second kappa shape index (κ2) is 3.47. The van der Waals surface area contributed by atoms with E-state index in [1.165, 1.54) is 0 Å². The van der Waals surface area contributed by atoms with E-state index in [-0.39, 0.29) is 5.75 Å². The van der Waals surface area contributed by atoms with Crippen LogP contribution in [0.3, 0.4) is 0 Å². The Morgan fingerprint density at radius 1 is 1.31 bits per heavy atom. The summed E-state index contributed by atoms with van der Waals surface area (Å²) < 4.78 is 21.7. The highest BCUT2D eigenvalue weighted by atomic mass is 32.2. The van der Waals surface area contributed by atoms with Gasteiger partial charge in [-0.2, -0.15) is 0 Å². The molecule has 1 aromatic carbocycles. The van der Waals surface area contributed by atoms with Gasteiger partial charge < -0.3 is 0 Å². The van der Waals surface area contributed by atoms with Gasteiger partial charge in [-0.15, -0.1) is 0 Å². The molecule has 0 spiro atoms. The Kier molecular flexibility index (Phi) is 2.73. The number of rotatable bonds is 2. The third kappa shape index (κ3) is 2.82. The van der Waals surface area contributed by atoms with Crippen LogP contribution in [-0.4, -0.2) is 8.42 Å². The first-order valence-electron chi connectivity index (χ1n) is 3.96. The van der Waals surface area contributed by atoms with E-state index in [4.69, 9.17) is 5.14 Å². The van der Waals surface area contributed by atoms with Gasteiger partial charge in [0, 0.05) is 0 Å². The van der Waals surface area contributed by atoms with Crippen molar-refractivity contribution in [3.05, 3.63) is 34.9 Å². The molecule has 0 fully saturated rings. The number of hydrogen-bond donors (Lipinski definition) is 1. The van der Waals surface area contributed by atoms with Crippen molar-refractivity contribution in [1.82, 2.24) is 0 Å². The Hall–Kier alpha value is -0.870. The lowest BCUT2D eigenvalue weighted by Crippen LogP contribution is -2.15. The maximum absolute atomic E-state index is 10.8. The first-order valence-corrected chi connectivity index (χ1v) is 5.67. The Morgan fingerprint density at radius 2 is 1.92 bits per heavy atom. The van der Waals surface area contributed by atoms with Gasteiger partial charge >= 0.3 is 0 Å². The van der Waals surface area contributed by atoms with E-state index in [0.29, 0.717) is 0 Å². The minimum Gasteiger partial charge on any atom is -0.228 e. The molecule has 0 saturated carbocycles. The minimum atomic E-state index is -3.42. The van der Waals surface area contributed by atoms with Crippen molar-refractivity contribution >= 4 is 10.0 Å². The lowest BCUT2D eigenvalue weighted by Gasteiger charge is -2.06. The molecular weight excluding hydrogens is 186 g/mol. The lowest BCUT2D eigenvalue weighted by atomic mass is 10.1.